The van der Waals surface area contributed by atoms with E-state index in [1.807, 2.05) is 76.2 Å². The van der Waals surface area contributed by atoms with Gasteiger partial charge in [-0.05, 0) is 98.6 Å². The van der Waals surface area contributed by atoms with Crippen LogP contribution in [-0.2, 0) is 43.5 Å². The summed E-state index contributed by atoms with van der Waals surface area (Å²) in [5, 5.41) is 6.54. The van der Waals surface area contributed by atoms with Crippen LogP contribution in [0.2, 0.25) is 0 Å². The van der Waals surface area contributed by atoms with Crippen molar-refractivity contribution < 1.29 is 59.2 Å². The Kier molecular flexibility index (Phi) is 34.0. The largest absolute Gasteiger partial charge is 0.474 e. The Balaban J connectivity index is 0.000000128. The summed E-state index contributed by atoms with van der Waals surface area (Å²) in [4.78, 5) is 112. The number of anilines is 17. The smallest absolute Gasteiger partial charge is 0.253 e. The third-order valence-electron chi connectivity index (χ3n) is 24.4. The number of carbonyl (C=O) groups excluding carboxylic acids is 1. The van der Waals surface area contributed by atoms with Gasteiger partial charge in [0.05, 0.1) is 135 Å². The number of halogens is 1. The van der Waals surface area contributed by atoms with Gasteiger partial charge >= 0.3 is 0 Å². The number of sulfonamides is 1. The number of nitrogens with zero attached hydrogens (tertiary/aromatic N) is 27. The molecule has 150 heavy (non-hydrogen) atoms. The van der Waals surface area contributed by atoms with Crippen LogP contribution >= 0.6 is 0 Å². The fraction of sp³-hybridized carbons (Fsp3) is 0.337. The quantitative estimate of drug-likeness (QED) is 0.0326. The molecular weight excluding hydrogens is 1970 g/mol. The van der Waals surface area contributed by atoms with E-state index >= 15 is 0 Å². The lowest BCUT2D eigenvalue weighted by atomic mass is 10.1. The Morgan fingerprint density at radius 3 is 1.26 bits per heavy atom. The van der Waals surface area contributed by atoms with Gasteiger partial charge in [0.1, 0.15) is 52.9 Å². The normalized spacial score (nSPS) is 16.2. The number of pyridine rings is 2. The molecule has 18 heterocycles. The van der Waals surface area contributed by atoms with Gasteiger partial charge < -0.3 is 119 Å². The van der Waals surface area contributed by atoms with Gasteiger partial charge in [-0.3, -0.25) is 9.78 Å². The molecule has 7 aliphatic rings. The number of nitrogen functional groups attached to an aromatic ring is 8. The molecule has 18 N–H and O–H groups in total. The van der Waals surface area contributed by atoms with E-state index in [2.05, 4.69) is 110 Å². The fourth-order valence-electron chi connectivity index (χ4n) is 16.5. The molecule has 52 heteroatoms. The van der Waals surface area contributed by atoms with Crippen molar-refractivity contribution >= 4 is 126 Å². The number of hydrogen-bond donors (Lipinski definition) is 10. The standard InChI is InChI=1S/C24H28N8O3.C19H21N7O3S.C19H21N7O.C18H18FN7O.C18H26N8O4S/c25-21-18(15-27-23(26)30-21)19-14-20(29-24(28-19)32-10-12-34-13-11-32)35-17-6-8-31(9-7-17)22(33)16-4-2-1-3-5-16;1-30(27,28)13-4-2-3-12(9-13)15-10-16(14-11-22-18(21)25-17(14)20)24-19(23-15)26-5-7-29-8-6-26;1-13-10-15(4-5-21-13)23-18-11-16(14-2-3-17(20)22-12-14)24-19(25-18)26-6-8-27-9-7-26;19-13-1-3-14(4-2-13)23-16-9-15(12-10-21-17(20)22-11-12)24-18(25-16)26-5-7-27-8-6-26;1-31(27,28)26-4-2-3-12(11-26)30-15-9-14(13-10-21-17(20)24-16(13)19)22-18(23-15)25-5-7-29-8-6-25/h1-5,14-15,17H,6-13H2,(H4,25,26,27,30);2-4,9-11H,5-8H2,1H3,(H4,20,21,22,25);2-5,10-12H,6-9H2,1H3,(H2,20,22)(H,21,23,24,25);1-4,9-11H,5-8H2,(H2,20,21,22)(H,23,24,25);9-10,12H,2-8,11H2,1H3,(H4,19,20,21,24)/t;;;;12-/m....1/s1. The molecule has 49 nitrogen and oxygen atoms in total. The molecule has 782 valence electrons. The van der Waals surface area contributed by atoms with Gasteiger partial charge in [0.2, 0.25) is 75.3 Å². The molecule has 0 aliphatic carbocycles. The van der Waals surface area contributed by atoms with E-state index in [1.54, 1.807) is 97.7 Å². The van der Waals surface area contributed by atoms with Gasteiger partial charge in [-0.1, -0.05) is 30.3 Å². The van der Waals surface area contributed by atoms with E-state index in [0.717, 1.165) is 53.4 Å². The van der Waals surface area contributed by atoms with E-state index in [9.17, 15) is 26.0 Å². The number of aromatic nitrogens is 20. The SMILES string of the molecule is CS(=O)(=O)N1CCC[C@@H](Oc2cc(-c3cnc(N)nc3N)nc(N3CCOCC3)n2)C1.CS(=O)(=O)c1cccc(-c2cc(-c3cnc(N)nc3N)nc(N3CCOCC3)n2)c1.Cc1cc(Nc2cc(-c3ccc(N)nc3)nc(N3CCOCC3)n2)ccn1.Nc1ncc(-c2cc(Nc3ccc(F)cc3)nc(N3CCOCC3)n2)cn1.Nc1ncc(-c2cc(OC3CCN(C(=O)c4ccccc4)CC3)nc(N3CCOCC3)n2)c(N)n1. The van der Waals surface area contributed by atoms with E-state index in [0.29, 0.717) is 273 Å². The number of rotatable bonds is 22. The molecule has 14 aromatic rings. The van der Waals surface area contributed by atoms with Crippen molar-refractivity contribution in [1.82, 2.24) is 109 Å². The summed E-state index contributed by atoms with van der Waals surface area (Å²) >= 11 is 0. The van der Waals surface area contributed by atoms with Crippen LogP contribution in [0.5, 0.6) is 11.8 Å². The van der Waals surface area contributed by atoms with Crippen LogP contribution in [0.4, 0.5) is 104 Å². The van der Waals surface area contributed by atoms with Gasteiger partial charge in [0.15, 0.2) is 9.84 Å². The van der Waals surface area contributed by atoms with Crippen molar-refractivity contribution in [1.29, 1.82) is 0 Å². The summed E-state index contributed by atoms with van der Waals surface area (Å²) < 4.78 is 102. The Hall–Kier alpha value is -16.7. The minimum Gasteiger partial charge on any atom is -0.474 e. The second-order valence-corrected chi connectivity index (χ2v) is 39.2. The van der Waals surface area contributed by atoms with Crippen LogP contribution in [0.3, 0.4) is 0 Å². The third kappa shape index (κ3) is 28.4. The van der Waals surface area contributed by atoms with Crippen molar-refractivity contribution in [2.75, 3.05) is 251 Å². The van der Waals surface area contributed by atoms with Crippen molar-refractivity contribution in [3.63, 3.8) is 0 Å². The Bertz CT molecular complexity index is 7230. The molecule has 7 fully saturated rings. The van der Waals surface area contributed by atoms with E-state index in [1.165, 1.54) is 41.3 Å². The third-order valence-corrected chi connectivity index (χ3v) is 26.7. The summed E-state index contributed by atoms with van der Waals surface area (Å²) in [6.45, 7) is 16.9. The van der Waals surface area contributed by atoms with Crippen LogP contribution in [0.1, 0.15) is 41.7 Å². The monoisotopic (exact) mass is 2080 g/mol. The lowest BCUT2D eigenvalue weighted by Crippen LogP contribution is -2.44. The number of piperidine rings is 2. The van der Waals surface area contributed by atoms with Crippen molar-refractivity contribution in [3.05, 3.63) is 194 Å². The van der Waals surface area contributed by atoms with Gasteiger partial charge in [0, 0.05) is 211 Å². The predicted octanol–water partition coefficient (Wildman–Crippen LogP) is 7.00. The molecule has 7 saturated heterocycles. The van der Waals surface area contributed by atoms with Crippen LogP contribution in [0.15, 0.2) is 182 Å². The summed E-state index contributed by atoms with van der Waals surface area (Å²) in [6, 6.07) is 38.4. The molecule has 21 rings (SSSR count). The number of nitrogens with two attached hydrogens (primary N) is 8. The zero-order chi connectivity index (χ0) is 105. The summed E-state index contributed by atoms with van der Waals surface area (Å²) in [5.41, 5.74) is 57.1. The number of nitrogens with one attached hydrogen (secondary N) is 2. The molecule has 0 saturated carbocycles. The number of sulfone groups is 1. The minimum atomic E-state index is -3.36. The maximum atomic E-state index is 13.2. The number of hydrogen-bond acceptors (Lipinski definition) is 47. The average Bonchev–Trinajstić information content (AvgIpc) is 0.783. The highest BCUT2D eigenvalue weighted by Crippen LogP contribution is 2.37. The Labute approximate surface area is 863 Å². The summed E-state index contributed by atoms with van der Waals surface area (Å²) in [5.74, 6) is 6.14. The average molecular weight is 2090 g/mol. The molecular formula is C98H114FN37O12S2. The van der Waals surface area contributed by atoms with Crippen LogP contribution in [-0.4, -0.2) is 314 Å². The van der Waals surface area contributed by atoms with Gasteiger partial charge in [-0.25, -0.2) is 81.0 Å². The fourth-order valence-corrected chi connectivity index (χ4v) is 18.1. The Morgan fingerprint density at radius 2 is 0.807 bits per heavy atom. The number of aryl methyl sites for hydroxylation is 1. The molecule has 0 spiro atoms. The molecule has 0 radical (unpaired) electrons. The number of amides is 1. The molecule has 11 aromatic heterocycles. The highest BCUT2D eigenvalue weighted by Gasteiger charge is 2.32. The number of morpholine rings is 5. The first kappa shape index (κ1) is 105. The highest BCUT2D eigenvalue weighted by molar-refractivity contribution is 7.90. The molecule has 0 bridgehead atoms. The second-order valence-electron chi connectivity index (χ2n) is 35.2. The van der Waals surface area contributed by atoms with Crippen LogP contribution < -0.4 is 90.5 Å². The maximum Gasteiger partial charge on any atom is 0.253 e. The topological polar surface area (TPSA) is 663 Å². The maximum absolute atomic E-state index is 13.2. The summed E-state index contributed by atoms with van der Waals surface area (Å²) in [6.07, 6.45) is 16.2. The number of ether oxygens (including phenoxy) is 7. The number of benzene rings is 3. The van der Waals surface area contributed by atoms with Gasteiger partial charge in [0.25, 0.3) is 5.91 Å². The van der Waals surface area contributed by atoms with Crippen molar-refractivity contribution in [3.8, 4) is 79.3 Å². The molecule has 1 amide bonds. The lowest BCUT2D eigenvalue weighted by Gasteiger charge is -2.32. The Morgan fingerprint density at radius 1 is 0.380 bits per heavy atom. The zero-order valence-corrected chi connectivity index (χ0v) is 84.1. The zero-order valence-electron chi connectivity index (χ0n) is 82.5. The predicted molar refractivity (Wildman–Crippen MR) is 565 cm³/mol. The van der Waals surface area contributed by atoms with E-state index in [4.69, 9.17) is 94.0 Å². The highest BCUT2D eigenvalue weighted by atomic mass is 32.2. The molecule has 3 aromatic carbocycles. The van der Waals surface area contributed by atoms with Gasteiger partial charge in [-0.15, -0.1) is 0 Å². The molecule has 7 aliphatic heterocycles. The minimum absolute atomic E-state index is 0.0433. The lowest BCUT2D eigenvalue weighted by molar-refractivity contribution is 0.0587. The van der Waals surface area contributed by atoms with Gasteiger partial charge in [-0.2, -0.15) is 39.2 Å². The molecule has 0 unspecified atom stereocenters. The van der Waals surface area contributed by atoms with Crippen LogP contribution in [0.25, 0.3) is 67.5 Å². The first-order valence-electron chi connectivity index (χ1n) is 48.2. The first-order chi connectivity index (χ1) is 72.5. The number of carbonyl (C=O) groups is 1. The molecule has 1 atom stereocenters. The summed E-state index contributed by atoms with van der Waals surface area (Å²) in [7, 11) is -6.65. The van der Waals surface area contributed by atoms with Crippen LogP contribution in [0, 0.1) is 12.7 Å². The van der Waals surface area contributed by atoms with Crippen molar-refractivity contribution in [2.24, 2.45) is 0 Å². The van der Waals surface area contributed by atoms with E-state index < -0.39 is 19.9 Å². The van der Waals surface area contributed by atoms with E-state index in [-0.39, 0.29) is 76.6 Å². The van der Waals surface area contributed by atoms with Crippen molar-refractivity contribution in [2.45, 2.75) is 49.7 Å². The first-order valence-corrected chi connectivity index (χ1v) is 51.9. The number of likely N-dealkylation sites (tertiary alicyclic amines) is 1. The second kappa shape index (κ2) is 48.8.